The molecule has 2 aromatic carbocycles. The van der Waals surface area contributed by atoms with Crippen LogP contribution < -0.4 is 0 Å². The molecular formula is C29H41F. The Labute approximate surface area is 184 Å². The number of halogens is 1. The normalized spacial score (nSPS) is 19.2. The second-order valence-electron chi connectivity index (χ2n) is 9.46. The Morgan fingerprint density at radius 1 is 0.767 bits per heavy atom. The van der Waals surface area contributed by atoms with Crippen molar-refractivity contribution in [2.24, 2.45) is 5.92 Å². The fraction of sp³-hybridized carbons (Fsp3) is 0.586. The van der Waals surface area contributed by atoms with Crippen molar-refractivity contribution in [3.8, 4) is 11.1 Å². The molecule has 164 valence electrons. The molecule has 1 saturated carbocycles. The summed E-state index contributed by atoms with van der Waals surface area (Å²) in [7, 11) is 0. The van der Waals surface area contributed by atoms with Crippen LogP contribution in [0.5, 0.6) is 0 Å². The Balaban J connectivity index is 1.53. The van der Waals surface area contributed by atoms with E-state index in [-0.39, 0.29) is 5.82 Å². The molecule has 0 N–H and O–H groups in total. The van der Waals surface area contributed by atoms with Gasteiger partial charge in [-0.15, -0.1) is 0 Å². The van der Waals surface area contributed by atoms with Crippen molar-refractivity contribution < 1.29 is 4.39 Å². The van der Waals surface area contributed by atoms with E-state index in [2.05, 4.69) is 44.2 Å². The average molecular weight is 409 g/mol. The van der Waals surface area contributed by atoms with Crippen LogP contribution in [-0.2, 0) is 6.42 Å². The van der Waals surface area contributed by atoms with Crippen molar-refractivity contribution in [2.45, 2.75) is 103 Å². The Bertz CT molecular complexity index is 737. The van der Waals surface area contributed by atoms with Gasteiger partial charge in [0.15, 0.2) is 0 Å². The zero-order valence-electron chi connectivity index (χ0n) is 19.3. The van der Waals surface area contributed by atoms with Gasteiger partial charge in [0.2, 0.25) is 0 Å². The molecule has 0 bridgehead atoms. The van der Waals surface area contributed by atoms with Gasteiger partial charge < -0.3 is 0 Å². The molecule has 3 rings (SSSR count). The van der Waals surface area contributed by atoms with Crippen LogP contribution in [-0.4, -0.2) is 0 Å². The van der Waals surface area contributed by atoms with E-state index in [0.29, 0.717) is 5.92 Å². The summed E-state index contributed by atoms with van der Waals surface area (Å²) in [6.45, 7) is 4.54. The predicted octanol–water partition coefficient (Wildman–Crippen LogP) is 9.47. The van der Waals surface area contributed by atoms with Crippen LogP contribution >= 0.6 is 0 Å². The zero-order chi connectivity index (χ0) is 21.2. The summed E-state index contributed by atoms with van der Waals surface area (Å²) in [5.74, 6) is 1.55. The first-order valence-corrected chi connectivity index (χ1v) is 12.6. The van der Waals surface area contributed by atoms with Gasteiger partial charge in [-0.2, -0.15) is 0 Å². The lowest BCUT2D eigenvalue weighted by Crippen LogP contribution is -2.13. The molecule has 0 radical (unpaired) electrons. The van der Waals surface area contributed by atoms with Crippen molar-refractivity contribution in [3.63, 3.8) is 0 Å². The highest BCUT2D eigenvalue weighted by molar-refractivity contribution is 5.65. The Morgan fingerprint density at radius 3 is 2.13 bits per heavy atom. The smallest absolute Gasteiger partial charge is 0.131 e. The molecular weight excluding hydrogens is 367 g/mol. The van der Waals surface area contributed by atoms with Gasteiger partial charge in [-0.3, -0.25) is 0 Å². The molecule has 0 heterocycles. The molecule has 0 unspecified atom stereocenters. The maximum absolute atomic E-state index is 14.8. The van der Waals surface area contributed by atoms with Crippen LogP contribution in [0, 0.1) is 11.7 Å². The monoisotopic (exact) mass is 408 g/mol. The molecule has 0 aromatic heterocycles. The second-order valence-corrected chi connectivity index (χ2v) is 9.46. The maximum Gasteiger partial charge on any atom is 0.131 e. The quantitative estimate of drug-likeness (QED) is 0.325. The van der Waals surface area contributed by atoms with E-state index in [4.69, 9.17) is 0 Å². The zero-order valence-corrected chi connectivity index (χ0v) is 19.3. The standard InChI is InChI=1S/C29H41F/c1-3-5-6-7-8-9-11-24-14-21-28(29(30)22-24)27-19-17-26(18-20-27)25-15-12-23(10-4-2)13-16-25/h14,17-23,25H,3-13,15-16H2,1-2H3. The second kappa shape index (κ2) is 12.3. The lowest BCUT2D eigenvalue weighted by molar-refractivity contribution is 0.308. The molecule has 1 fully saturated rings. The third kappa shape index (κ3) is 6.69. The molecule has 0 amide bonds. The Kier molecular flexibility index (Phi) is 9.43. The molecule has 0 atom stereocenters. The number of unbranched alkanes of at least 4 members (excludes halogenated alkanes) is 5. The SMILES string of the molecule is CCCCCCCCc1ccc(-c2ccc(C3CCC(CCC)CC3)cc2)c(F)c1. The highest BCUT2D eigenvalue weighted by Gasteiger charge is 2.21. The van der Waals surface area contributed by atoms with Crippen LogP contribution in [0.4, 0.5) is 4.39 Å². The Hall–Kier alpha value is -1.63. The van der Waals surface area contributed by atoms with Crippen LogP contribution in [0.15, 0.2) is 42.5 Å². The molecule has 0 aliphatic heterocycles. The van der Waals surface area contributed by atoms with Gasteiger partial charge in [0.05, 0.1) is 0 Å². The molecule has 1 aliphatic carbocycles. The summed E-state index contributed by atoms with van der Waals surface area (Å²) >= 11 is 0. The summed E-state index contributed by atoms with van der Waals surface area (Å²) in [4.78, 5) is 0. The number of rotatable bonds is 11. The van der Waals surface area contributed by atoms with Gasteiger partial charge >= 0.3 is 0 Å². The topological polar surface area (TPSA) is 0 Å². The summed E-state index contributed by atoms with van der Waals surface area (Å²) in [5, 5.41) is 0. The van der Waals surface area contributed by atoms with E-state index in [1.165, 1.54) is 76.2 Å². The Morgan fingerprint density at radius 2 is 1.47 bits per heavy atom. The lowest BCUT2D eigenvalue weighted by Gasteiger charge is -2.28. The van der Waals surface area contributed by atoms with Crippen LogP contribution in [0.1, 0.15) is 108 Å². The number of hydrogen-bond acceptors (Lipinski definition) is 0. The molecule has 0 saturated heterocycles. The van der Waals surface area contributed by atoms with Gasteiger partial charge in [0, 0.05) is 5.56 Å². The minimum atomic E-state index is -0.0775. The highest BCUT2D eigenvalue weighted by atomic mass is 19.1. The minimum absolute atomic E-state index is 0.0775. The molecule has 2 aromatic rings. The summed E-state index contributed by atoms with van der Waals surface area (Å²) in [6.07, 6.45) is 16.7. The largest absolute Gasteiger partial charge is 0.206 e. The van der Waals surface area contributed by atoms with Crippen LogP contribution in [0.2, 0.25) is 0 Å². The van der Waals surface area contributed by atoms with Crippen LogP contribution in [0.25, 0.3) is 11.1 Å². The van der Waals surface area contributed by atoms with Gasteiger partial charge in [-0.05, 0) is 73.1 Å². The van der Waals surface area contributed by atoms with E-state index in [0.717, 1.165) is 35.4 Å². The predicted molar refractivity (Wildman–Crippen MR) is 129 cm³/mol. The van der Waals surface area contributed by atoms with E-state index in [1.54, 1.807) is 6.07 Å². The van der Waals surface area contributed by atoms with E-state index in [1.807, 2.05) is 6.07 Å². The fourth-order valence-electron chi connectivity index (χ4n) is 5.19. The fourth-order valence-corrected chi connectivity index (χ4v) is 5.19. The molecule has 0 nitrogen and oxygen atoms in total. The van der Waals surface area contributed by atoms with Crippen molar-refractivity contribution >= 4 is 0 Å². The first-order valence-electron chi connectivity index (χ1n) is 12.6. The summed E-state index contributed by atoms with van der Waals surface area (Å²) in [6, 6.07) is 14.6. The van der Waals surface area contributed by atoms with Gasteiger partial charge in [-0.1, -0.05) is 95.2 Å². The third-order valence-electron chi connectivity index (χ3n) is 7.09. The summed E-state index contributed by atoms with van der Waals surface area (Å²) in [5.41, 5.74) is 4.31. The van der Waals surface area contributed by atoms with E-state index >= 15 is 0 Å². The molecule has 1 heteroatoms. The van der Waals surface area contributed by atoms with Gasteiger partial charge in [-0.25, -0.2) is 4.39 Å². The maximum atomic E-state index is 14.8. The van der Waals surface area contributed by atoms with Crippen molar-refractivity contribution in [2.75, 3.05) is 0 Å². The number of aryl methyl sites for hydroxylation is 1. The average Bonchev–Trinajstić information content (AvgIpc) is 2.77. The molecule has 30 heavy (non-hydrogen) atoms. The first-order chi connectivity index (χ1) is 14.7. The number of hydrogen-bond donors (Lipinski definition) is 0. The molecule has 0 spiro atoms. The number of benzene rings is 2. The van der Waals surface area contributed by atoms with Crippen molar-refractivity contribution in [1.82, 2.24) is 0 Å². The molecule has 1 aliphatic rings. The van der Waals surface area contributed by atoms with Gasteiger partial charge in [0.25, 0.3) is 0 Å². The highest BCUT2D eigenvalue weighted by Crippen LogP contribution is 2.38. The van der Waals surface area contributed by atoms with E-state index < -0.39 is 0 Å². The van der Waals surface area contributed by atoms with Gasteiger partial charge in [0.1, 0.15) is 5.82 Å². The van der Waals surface area contributed by atoms with Crippen molar-refractivity contribution in [3.05, 3.63) is 59.4 Å². The minimum Gasteiger partial charge on any atom is -0.206 e. The van der Waals surface area contributed by atoms with Crippen LogP contribution in [0.3, 0.4) is 0 Å². The lowest BCUT2D eigenvalue weighted by atomic mass is 9.77. The third-order valence-corrected chi connectivity index (χ3v) is 7.09. The first kappa shape index (κ1) is 23.0. The van der Waals surface area contributed by atoms with Crippen molar-refractivity contribution in [1.29, 1.82) is 0 Å². The summed E-state index contributed by atoms with van der Waals surface area (Å²) < 4.78 is 14.8. The van der Waals surface area contributed by atoms with E-state index in [9.17, 15) is 4.39 Å².